The van der Waals surface area contributed by atoms with Crippen molar-refractivity contribution < 1.29 is 5.11 Å². The Morgan fingerprint density at radius 3 is 2.93 bits per heavy atom. The van der Waals surface area contributed by atoms with Gasteiger partial charge >= 0.3 is 0 Å². The zero-order chi connectivity index (χ0) is 10.1. The fourth-order valence-corrected chi connectivity index (χ4v) is 1.47. The van der Waals surface area contributed by atoms with E-state index in [1.54, 1.807) is 18.2 Å². The lowest BCUT2D eigenvalue weighted by Gasteiger charge is -2.00. The highest BCUT2D eigenvalue weighted by molar-refractivity contribution is 5.86. The van der Waals surface area contributed by atoms with E-state index in [0.717, 1.165) is 16.6 Å². The summed E-state index contributed by atoms with van der Waals surface area (Å²) in [6.07, 6.45) is 1.65. The van der Waals surface area contributed by atoms with E-state index in [2.05, 4.69) is 11.6 Å². The molecule has 0 bridgehead atoms. The molecule has 0 aliphatic carbocycles. The summed E-state index contributed by atoms with van der Waals surface area (Å²) in [5.41, 5.74) is 7.52. The van der Waals surface area contributed by atoms with Crippen molar-refractivity contribution in [2.24, 2.45) is 5.73 Å². The Kier molecular flexibility index (Phi) is 2.02. The number of aromatic nitrogens is 1. The molecule has 1 heterocycles. The lowest BCUT2D eigenvalue weighted by atomic mass is 10.2. The summed E-state index contributed by atoms with van der Waals surface area (Å²) in [5.74, 6) is 0.265. The molecule has 3 nitrogen and oxygen atoms in total. The number of phenolic OH excluding ortho intramolecular Hbond substituents is 1. The van der Waals surface area contributed by atoms with Gasteiger partial charge in [-0.05, 0) is 18.2 Å². The Bertz CT molecular complexity index is 473. The highest BCUT2D eigenvalue weighted by Gasteiger charge is 2.07. The summed E-state index contributed by atoms with van der Waals surface area (Å²) < 4.78 is 0. The summed E-state index contributed by atoms with van der Waals surface area (Å²) >= 11 is 0. The molecule has 2 aromatic rings. The molecule has 0 aliphatic rings. The first-order valence-corrected chi connectivity index (χ1v) is 4.41. The maximum atomic E-state index is 9.55. The number of fused-ring (bicyclic) bond motifs is 1. The van der Waals surface area contributed by atoms with Crippen LogP contribution in [0.4, 0.5) is 0 Å². The Morgan fingerprint density at radius 2 is 2.29 bits per heavy atom. The predicted octanol–water partition coefficient (Wildman–Crippen LogP) is 2.06. The van der Waals surface area contributed by atoms with Gasteiger partial charge in [-0.15, -0.1) is 6.58 Å². The smallest absolute Gasteiger partial charge is 0.124 e. The lowest BCUT2D eigenvalue weighted by Crippen LogP contribution is -2.06. The predicted molar refractivity (Wildman–Crippen MR) is 57.1 cm³/mol. The lowest BCUT2D eigenvalue weighted by molar-refractivity contribution is 0.481. The van der Waals surface area contributed by atoms with Gasteiger partial charge < -0.3 is 15.8 Å². The molecule has 0 spiro atoms. The summed E-state index contributed by atoms with van der Waals surface area (Å²) in [7, 11) is 0. The standard InChI is InChI=1S/C11H12N2O/c1-2-8(12)10-6-7-9(13-10)4-3-5-11(7)14/h2-6,8,13-14H,1,12H2. The van der Waals surface area contributed by atoms with E-state index in [1.165, 1.54) is 0 Å². The molecule has 0 amide bonds. The van der Waals surface area contributed by atoms with Crippen molar-refractivity contribution in [2.45, 2.75) is 6.04 Å². The number of H-pyrrole nitrogens is 1. The summed E-state index contributed by atoms with van der Waals surface area (Å²) in [4.78, 5) is 3.13. The van der Waals surface area contributed by atoms with Gasteiger partial charge in [-0.2, -0.15) is 0 Å². The number of rotatable bonds is 2. The Hall–Kier alpha value is -1.74. The first kappa shape index (κ1) is 8.84. The van der Waals surface area contributed by atoms with Crippen molar-refractivity contribution in [1.29, 1.82) is 0 Å². The van der Waals surface area contributed by atoms with Gasteiger partial charge in [-0.3, -0.25) is 0 Å². The summed E-state index contributed by atoms with van der Waals surface area (Å²) in [6.45, 7) is 3.62. The normalized spacial score (nSPS) is 12.9. The van der Waals surface area contributed by atoms with Gasteiger partial charge in [0.05, 0.1) is 6.04 Å². The molecule has 2 rings (SSSR count). The number of aromatic hydroxyl groups is 1. The summed E-state index contributed by atoms with van der Waals surface area (Å²) in [5, 5.41) is 10.3. The van der Waals surface area contributed by atoms with Crippen LogP contribution in [0, 0.1) is 0 Å². The maximum Gasteiger partial charge on any atom is 0.124 e. The second-order valence-electron chi connectivity index (χ2n) is 3.22. The van der Waals surface area contributed by atoms with Crippen LogP contribution in [0.5, 0.6) is 5.75 Å². The molecule has 4 N–H and O–H groups in total. The molecule has 1 aromatic carbocycles. The number of hydrogen-bond acceptors (Lipinski definition) is 2. The van der Waals surface area contributed by atoms with Crippen molar-refractivity contribution in [3.63, 3.8) is 0 Å². The van der Waals surface area contributed by atoms with Gasteiger partial charge in [-0.25, -0.2) is 0 Å². The van der Waals surface area contributed by atoms with Crippen molar-refractivity contribution in [3.8, 4) is 5.75 Å². The molecule has 3 heteroatoms. The molecular formula is C11H12N2O. The minimum atomic E-state index is -0.221. The monoisotopic (exact) mass is 188 g/mol. The van der Waals surface area contributed by atoms with E-state index >= 15 is 0 Å². The number of hydrogen-bond donors (Lipinski definition) is 3. The van der Waals surface area contributed by atoms with Crippen LogP contribution in [0.25, 0.3) is 10.9 Å². The SMILES string of the molecule is C=CC(N)c1cc2c(O)cccc2[nH]1. The summed E-state index contributed by atoms with van der Waals surface area (Å²) in [6, 6.07) is 6.96. The van der Waals surface area contributed by atoms with Gasteiger partial charge in [0, 0.05) is 16.6 Å². The molecular weight excluding hydrogens is 176 g/mol. The van der Waals surface area contributed by atoms with E-state index in [1.807, 2.05) is 12.1 Å². The fourth-order valence-electron chi connectivity index (χ4n) is 1.47. The zero-order valence-corrected chi connectivity index (χ0v) is 7.70. The molecule has 0 fully saturated rings. The van der Waals surface area contributed by atoms with Gasteiger partial charge in [0.15, 0.2) is 0 Å². The number of aromatic amines is 1. The van der Waals surface area contributed by atoms with Crippen molar-refractivity contribution in [2.75, 3.05) is 0 Å². The molecule has 0 radical (unpaired) electrons. The molecule has 0 aliphatic heterocycles. The zero-order valence-electron chi connectivity index (χ0n) is 7.70. The van der Waals surface area contributed by atoms with Crippen LogP contribution in [-0.2, 0) is 0 Å². The third-order valence-corrected chi connectivity index (χ3v) is 2.28. The van der Waals surface area contributed by atoms with Crippen LogP contribution in [0.2, 0.25) is 0 Å². The van der Waals surface area contributed by atoms with Crippen molar-refractivity contribution in [1.82, 2.24) is 4.98 Å². The van der Waals surface area contributed by atoms with E-state index in [0.29, 0.717) is 0 Å². The van der Waals surface area contributed by atoms with Crippen LogP contribution >= 0.6 is 0 Å². The molecule has 72 valence electrons. The van der Waals surface area contributed by atoms with Gasteiger partial charge in [0.1, 0.15) is 5.75 Å². The van der Waals surface area contributed by atoms with E-state index in [4.69, 9.17) is 5.73 Å². The van der Waals surface area contributed by atoms with Gasteiger partial charge in [0.2, 0.25) is 0 Å². The fraction of sp³-hybridized carbons (Fsp3) is 0.0909. The third-order valence-electron chi connectivity index (χ3n) is 2.28. The number of phenols is 1. The minimum absolute atomic E-state index is 0.221. The van der Waals surface area contributed by atoms with Crippen LogP contribution in [-0.4, -0.2) is 10.1 Å². The van der Waals surface area contributed by atoms with Gasteiger partial charge in [-0.1, -0.05) is 12.1 Å². The highest BCUT2D eigenvalue weighted by Crippen LogP contribution is 2.26. The average Bonchev–Trinajstić information content (AvgIpc) is 2.62. The molecule has 14 heavy (non-hydrogen) atoms. The quantitative estimate of drug-likeness (QED) is 0.632. The Morgan fingerprint density at radius 1 is 1.50 bits per heavy atom. The van der Waals surface area contributed by atoms with Crippen molar-refractivity contribution in [3.05, 3.63) is 42.6 Å². The topological polar surface area (TPSA) is 62.0 Å². The van der Waals surface area contributed by atoms with E-state index < -0.39 is 0 Å². The van der Waals surface area contributed by atoms with Gasteiger partial charge in [0.25, 0.3) is 0 Å². The minimum Gasteiger partial charge on any atom is -0.507 e. The van der Waals surface area contributed by atoms with E-state index in [9.17, 15) is 5.11 Å². The van der Waals surface area contributed by atoms with Crippen molar-refractivity contribution >= 4 is 10.9 Å². The van der Waals surface area contributed by atoms with Crippen LogP contribution in [0.15, 0.2) is 36.9 Å². The maximum absolute atomic E-state index is 9.55. The Labute approximate surface area is 81.9 Å². The molecule has 1 atom stereocenters. The van der Waals surface area contributed by atoms with E-state index in [-0.39, 0.29) is 11.8 Å². The third kappa shape index (κ3) is 1.28. The first-order chi connectivity index (χ1) is 6.72. The highest BCUT2D eigenvalue weighted by atomic mass is 16.3. The second-order valence-corrected chi connectivity index (χ2v) is 3.22. The number of benzene rings is 1. The van der Waals surface area contributed by atoms with Crippen LogP contribution in [0.3, 0.4) is 0 Å². The molecule has 0 saturated heterocycles. The molecule has 1 aromatic heterocycles. The second kappa shape index (κ2) is 3.20. The Balaban J connectivity index is 2.62. The first-order valence-electron chi connectivity index (χ1n) is 4.41. The average molecular weight is 188 g/mol. The molecule has 0 saturated carbocycles. The van der Waals surface area contributed by atoms with Crippen LogP contribution < -0.4 is 5.73 Å². The van der Waals surface area contributed by atoms with Crippen LogP contribution in [0.1, 0.15) is 11.7 Å². The number of nitrogens with two attached hydrogens (primary N) is 1. The largest absolute Gasteiger partial charge is 0.507 e. The molecule has 1 unspecified atom stereocenters. The number of nitrogens with one attached hydrogen (secondary N) is 1.